The summed E-state index contributed by atoms with van der Waals surface area (Å²) in [6.07, 6.45) is -3.45. The Morgan fingerprint density at radius 1 is 1.10 bits per heavy atom. The Morgan fingerprint density at radius 2 is 1.77 bits per heavy atom. The van der Waals surface area contributed by atoms with Gasteiger partial charge in [0.15, 0.2) is 5.96 Å². The highest BCUT2D eigenvalue weighted by Crippen LogP contribution is 2.28. The maximum atomic E-state index is 12.6. The van der Waals surface area contributed by atoms with Crippen LogP contribution >= 0.6 is 0 Å². The summed E-state index contributed by atoms with van der Waals surface area (Å²) in [6.45, 7) is 6.50. The van der Waals surface area contributed by atoms with Crippen molar-refractivity contribution in [3.8, 4) is 0 Å². The number of nitrogens with zero attached hydrogens (tertiary/aromatic N) is 2. The third-order valence-electron chi connectivity index (χ3n) is 4.16. The predicted octanol–water partition coefficient (Wildman–Crippen LogP) is 1.96. The average Bonchev–Trinajstić information content (AvgIpc) is 2.70. The summed E-state index contributed by atoms with van der Waals surface area (Å²) in [5.74, 6) is 0.219. The van der Waals surface area contributed by atoms with Gasteiger partial charge in [-0.15, -0.1) is 0 Å². The molecule has 0 saturated carbocycles. The van der Waals surface area contributed by atoms with Crippen LogP contribution in [0.1, 0.15) is 29.3 Å². The lowest BCUT2D eigenvalue weighted by Crippen LogP contribution is -2.42. The first-order valence-electron chi connectivity index (χ1n) is 9.93. The summed E-state index contributed by atoms with van der Waals surface area (Å²) < 4.78 is 42.8. The van der Waals surface area contributed by atoms with Gasteiger partial charge < -0.3 is 25.6 Å². The van der Waals surface area contributed by atoms with E-state index in [1.54, 1.807) is 7.11 Å². The monoisotopic (exact) mass is 431 g/mol. The zero-order chi connectivity index (χ0) is 22.4. The molecule has 0 aliphatic heterocycles. The quantitative estimate of drug-likeness (QED) is 0.268. The molecule has 170 valence electrons. The van der Waals surface area contributed by atoms with Gasteiger partial charge in [0.1, 0.15) is 0 Å². The van der Waals surface area contributed by atoms with Gasteiger partial charge in [-0.1, -0.05) is 0 Å². The molecule has 10 heteroatoms. The molecule has 0 heterocycles. The fourth-order valence-electron chi connectivity index (χ4n) is 2.53. The molecule has 0 fully saturated rings. The minimum Gasteiger partial charge on any atom is -0.385 e. The van der Waals surface area contributed by atoms with Crippen molar-refractivity contribution in [1.82, 2.24) is 20.9 Å². The highest BCUT2D eigenvalue weighted by Gasteiger charge is 2.30. The Kier molecular flexibility index (Phi) is 11.8. The van der Waals surface area contributed by atoms with Gasteiger partial charge in [-0.2, -0.15) is 13.2 Å². The van der Waals surface area contributed by atoms with Crippen LogP contribution in [0.2, 0.25) is 0 Å². The first-order chi connectivity index (χ1) is 14.3. The summed E-state index contributed by atoms with van der Waals surface area (Å²) in [6, 6.07) is 4.13. The second kappa shape index (κ2) is 13.8. The van der Waals surface area contributed by atoms with Gasteiger partial charge >= 0.3 is 6.18 Å². The summed E-state index contributed by atoms with van der Waals surface area (Å²) in [4.78, 5) is 18.7. The number of hydrogen-bond donors (Lipinski definition) is 3. The minimum absolute atomic E-state index is 0.181. The SMILES string of the molecule is CCNC(=NCCN(C)CCCOC)NCCNC(=O)c1ccc(C(F)(F)F)cc1. The van der Waals surface area contributed by atoms with Crippen LogP contribution in [0, 0.1) is 0 Å². The molecule has 0 radical (unpaired) electrons. The molecule has 1 rings (SSSR count). The molecule has 0 bridgehead atoms. The number of nitrogens with one attached hydrogen (secondary N) is 3. The number of halogens is 3. The molecule has 7 nitrogen and oxygen atoms in total. The molecule has 3 N–H and O–H groups in total. The Hall–Kier alpha value is -2.33. The minimum atomic E-state index is -4.42. The molecule has 0 aliphatic carbocycles. The molecule has 1 aromatic rings. The molecule has 1 aromatic carbocycles. The lowest BCUT2D eigenvalue weighted by atomic mass is 10.1. The standard InChI is InChI=1S/C20H32F3N5O2/c1-4-24-19(27-12-14-28(2)13-5-15-30-3)26-11-10-25-18(29)16-6-8-17(9-7-16)20(21,22)23/h6-9H,4-5,10-15H2,1-3H3,(H,25,29)(H2,24,26,27). The van der Waals surface area contributed by atoms with Gasteiger partial charge in [-0.3, -0.25) is 9.79 Å². The van der Waals surface area contributed by atoms with Crippen molar-refractivity contribution in [2.45, 2.75) is 19.5 Å². The molecule has 30 heavy (non-hydrogen) atoms. The number of aliphatic imine (C=N–C) groups is 1. The Balaban J connectivity index is 2.36. The zero-order valence-corrected chi connectivity index (χ0v) is 17.8. The number of hydrogen-bond acceptors (Lipinski definition) is 4. The van der Waals surface area contributed by atoms with Crippen LogP contribution in [0.3, 0.4) is 0 Å². The van der Waals surface area contributed by atoms with Gasteiger partial charge in [-0.25, -0.2) is 0 Å². The Morgan fingerprint density at radius 3 is 2.37 bits per heavy atom. The van der Waals surface area contributed by atoms with E-state index in [-0.39, 0.29) is 5.56 Å². The molecule has 1 amide bonds. The Bertz CT molecular complexity index is 651. The van der Waals surface area contributed by atoms with Gasteiger partial charge in [0.25, 0.3) is 5.91 Å². The van der Waals surface area contributed by atoms with E-state index < -0.39 is 17.6 Å². The molecular weight excluding hydrogens is 399 g/mol. The number of likely N-dealkylation sites (N-methyl/N-ethyl adjacent to an activating group) is 1. The van der Waals surface area contributed by atoms with Crippen molar-refractivity contribution in [1.29, 1.82) is 0 Å². The first-order valence-corrected chi connectivity index (χ1v) is 9.93. The summed E-state index contributed by atoms with van der Waals surface area (Å²) >= 11 is 0. The van der Waals surface area contributed by atoms with Crippen molar-refractivity contribution < 1.29 is 22.7 Å². The summed E-state index contributed by atoms with van der Waals surface area (Å²) in [7, 11) is 3.72. The van der Waals surface area contributed by atoms with Gasteiger partial charge in [-0.05, 0) is 44.7 Å². The van der Waals surface area contributed by atoms with E-state index in [1.165, 1.54) is 12.1 Å². The van der Waals surface area contributed by atoms with E-state index in [0.29, 0.717) is 32.1 Å². The van der Waals surface area contributed by atoms with Crippen molar-refractivity contribution in [3.05, 3.63) is 35.4 Å². The zero-order valence-electron chi connectivity index (χ0n) is 17.8. The van der Waals surface area contributed by atoms with Crippen LogP contribution in [-0.4, -0.2) is 76.8 Å². The molecule has 0 aromatic heterocycles. The number of rotatable bonds is 12. The fourth-order valence-corrected chi connectivity index (χ4v) is 2.53. The van der Waals surface area contributed by atoms with Gasteiger partial charge in [0, 0.05) is 52.0 Å². The van der Waals surface area contributed by atoms with Crippen molar-refractivity contribution >= 4 is 11.9 Å². The van der Waals surface area contributed by atoms with Crippen LogP contribution < -0.4 is 16.0 Å². The number of alkyl halides is 3. The molecule has 0 atom stereocenters. The Labute approximate surface area is 176 Å². The first kappa shape index (κ1) is 25.7. The highest BCUT2D eigenvalue weighted by molar-refractivity contribution is 5.94. The van der Waals surface area contributed by atoms with Crippen LogP contribution in [0.25, 0.3) is 0 Å². The van der Waals surface area contributed by atoms with Crippen LogP contribution in [0.4, 0.5) is 13.2 Å². The molecular formula is C20H32F3N5O2. The normalized spacial score (nSPS) is 12.2. The van der Waals surface area contributed by atoms with E-state index in [4.69, 9.17) is 4.74 Å². The lowest BCUT2D eigenvalue weighted by molar-refractivity contribution is -0.137. The third-order valence-corrected chi connectivity index (χ3v) is 4.16. The number of carbonyl (C=O) groups is 1. The van der Waals surface area contributed by atoms with E-state index in [9.17, 15) is 18.0 Å². The third kappa shape index (κ3) is 10.4. The second-order valence-electron chi connectivity index (χ2n) is 6.67. The molecule has 0 saturated heterocycles. The van der Waals surface area contributed by atoms with Crippen LogP contribution in [0.5, 0.6) is 0 Å². The largest absolute Gasteiger partial charge is 0.416 e. The van der Waals surface area contributed by atoms with E-state index in [0.717, 1.165) is 38.2 Å². The lowest BCUT2D eigenvalue weighted by Gasteiger charge is -2.16. The number of benzene rings is 1. The topological polar surface area (TPSA) is 78.0 Å². The average molecular weight is 432 g/mol. The maximum Gasteiger partial charge on any atom is 0.416 e. The van der Waals surface area contributed by atoms with Crippen LogP contribution in [0.15, 0.2) is 29.3 Å². The fraction of sp³-hybridized carbons (Fsp3) is 0.600. The molecule has 0 spiro atoms. The number of guanidine groups is 1. The van der Waals surface area contributed by atoms with Crippen LogP contribution in [-0.2, 0) is 10.9 Å². The maximum absolute atomic E-state index is 12.6. The van der Waals surface area contributed by atoms with E-state index >= 15 is 0 Å². The second-order valence-corrected chi connectivity index (χ2v) is 6.67. The predicted molar refractivity (Wildman–Crippen MR) is 112 cm³/mol. The summed E-state index contributed by atoms with van der Waals surface area (Å²) in [5, 5.41) is 8.92. The van der Waals surface area contributed by atoms with Gasteiger partial charge in [0.2, 0.25) is 0 Å². The van der Waals surface area contributed by atoms with Crippen molar-refractivity contribution in [2.75, 3.05) is 60.0 Å². The number of amides is 1. The van der Waals surface area contributed by atoms with Crippen molar-refractivity contribution in [3.63, 3.8) is 0 Å². The van der Waals surface area contributed by atoms with E-state index in [1.807, 2.05) is 14.0 Å². The van der Waals surface area contributed by atoms with Gasteiger partial charge in [0.05, 0.1) is 12.1 Å². The summed E-state index contributed by atoms with van der Waals surface area (Å²) in [5.41, 5.74) is -0.600. The highest BCUT2D eigenvalue weighted by atomic mass is 19.4. The number of methoxy groups -OCH3 is 1. The molecule has 0 unspecified atom stereocenters. The number of ether oxygens (including phenoxy) is 1. The smallest absolute Gasteiger partial charge is 0.385 e. The molecule has 0 aliphatic rings. The van der Waals surface area contributed by atoms with E-state index in [2.05, 4.69) is 25.8 Å². The van der Waals surface area contributed by atoms with Crippen molar-refractivity contribution in [2.24, 2.45) is 4.99 Å². The number of carbonyl (C=O) groups excluding carboxylic acids is 1.